The molecule has 2 aromatic rings. The molecule has 2 rings (SSSR count). The number of nitrogens with zero attached hydrogens (tertiary/aromatic N) is 2. The zero-order valence-corrected chi connectivity index (χ0v) is 16.1. The van der Waals surface area contributed by atoms with E-state index in [1.165, 1.54) is 5.01 Å². The molecule has 122 valence electrons. The van der Waals surface area contributed by atoms with Gasteiger partial charge < -0.3 is 15.1 Å². The molecule has 5 nitrogen and oxygen atoms in total. The van der Waals surface area contributed by atoms with E-state index in [9.17, 15) is 0 Å². The fourth-order valence-electron chi connectivity index (χ4n) is 1.93. The average molecular weight is 434 g/mol. The largest absolute Gasteiger partial charge is 0.467 e. The van der Waals surface area contributed by atoms with Gasteiger partial charge in [0.05, 0.1) is 17.8 Å². The van der Waals surface area contributed by atoms with Crippen molar-refractivity contribution < 1.29 is 4.42 Å². The highest BCUT2D eigenvalue weighted by Crippen LogP contribution is 2.11. The number of halogens is 1. The van der Waals surface area contributed by atoms with Gasteiger partial charge in [-0.1, -0.05) is 0 Å². The third-order valence-electron chi connectivity index (χ3n) is 3.01. The molecule has 2 aromatic heterocycles. The summed E-state index contributed by atoms with van der Waals surface area (Å²) in [5.41, 5.74) is 1.12. The van der Waals surface area contributed by atoms with E-state index in [1.807, 2.05) is 19.1 Å². The summed E-state index contributed by atoms with van der Waals surface area (Å²) < 4.78 is 5.27. The van der Waals surface area contributed by atoms with Crippen LogP contribution in [0.1, 0.15) is 29.3 Å². The highest BCUT2D eigenvalue weighted by molar-refractivity contribution is 14.0. The van der Waals surface area contributed by atoms with Gasteiger partial charge in [-0.3, -0.25) is 4.99 Å². The molecular weight excluding hydrogens is 411 g/mol. The number of nitrogens with one attached hydrogen (secondary N) is 2. The van der Waals surface area contributed by atoms with E-state index in [4.69, 9.17) is 4.42 Å². The molecular formula is C15H23IN4OS. The van der Waals surface area contributed by atoms with Crippen molar-refractivity contribution in [2.45, 2.75) is 32.7 Å². The fraction of sp³-hybridized carbons (Fsp3) is 0.467. The summed E-state index contributed by atoms with van der Waals surface area (Å²) in [6.07, 6.45) is 4.96. The molecule has 0 aliphatic carbocycles. The molecule has 7 heteroatoms. The Kier molecular flexibility index (Phi) is 9.14. The van der Waals surface area contributed by atoms with Crippen LogP contribution in [0.4, 0.5) is 0 Å². The van der Waals surface area contributed by atoms with Crippen LogP contribution < -0.4 is 10.6 Å². The van der Waals surface area contributed by atoms with Gasteiger partial charge in [0, 0.05) is 24.7 Å². The van der Waals surface area contributed by atoms with Crippen molar-refractivity contribution >= 4 is 41.3 Å². The smallest absolute Gasteiger partial charge is 0.191 e. The standard InChI is InChI=1S/C15H22N4OS.HI/c1-12-11-21-14(19-12)7-3-4-8-17-15(16-2)18-10-13-6-5-9-20-13;/h5-6,9,11H,3-4,7-8,10H2,1-2H3,(H2,16,17,18);1H. The second-order valence-electron chi connectivity index (χ2n) is 4.77. The summed E-state index contributed by atoms with van der Waals surface area (Å²) in [5, 5.41) is 9.86. The Morgan fingerprint density at radius 3 is 2.86 bits per heavy atom. The lowest BCUT2D eigenvalue weighted by Gasteiger charge is -2.10. The van der Waals surface area contributed by atoms with Gasteiger partial charge in [-0.2, -0.15) is 0 Å². The number of aliphatic imine (C=N–C) groups is 1. The Hall–Kier alpha value is -1.09. The lowest BCUT2D eigenvalue weighted by molar-refractivity contribution is 0.501. The van der Waals surface area contributed by atoms with Crippen molar-refractivity contribution in [2.75, 3.05) is 13.6 Å². The van der Waals surface area contributed by atoms with Gasteiger partial charge in [0.2, 0.25) is 0 Å². The maximum absolute atomic E-state index is 5.27. The molecule has 0 aliphatic rings. The first-order valence-electron chi connectivity index (χ1n) is 7.16. The van der Waals surface area contributed by atoms with Crippen molar-refractivity contribution in [2.24, 2.45) is 4.99 Å². The predicted octanol–water partition coefficient (Wildman–Crippen LogP) is 3.35. The normalized spacial score (nSPS) is 11.1. The molecule has 0 spiro atoms. The van der Waals surface area contributed by atoms with Gasteiger partial charge in [-0.15, -0.1) is 35.3 Å². The van der Waals surface area contributed by atoms with E-state index in [-0.39, 0.29) is 24.0 Å². The van der Waals surface area contributed by atoms with Gasteiger partial charge in [0.15, 0.2) is 5.96 Å². The van der Waals surface area contributed by atoms with Crippen molar-refractivity contribution in [1.29, 1.82) is 0 Å². The molecule has 0 radical (unpaired) electrons. The predicted molar refractivity (Wildman–Crippen MR) is 102 cm³/mol. The van der Waals surface area contributed by atoms with Gasteiger partial charge >= 0.3 is 0 Å². The number of aromatic nitrogens is 1. The van der Waals surface area contributed by atoms with Gasteiger partial charge in [0.1, 0.15) is 5.76 Å². The maximum atomic E-state index is 5.27. The summed E-state index contributed by atoms with van der Waals surface area (Å²) >= 11 is 1.75. The van der Waals surface area contributed by atoms with Crippen LogP contribution in [0, 0.1) is 6.92 Å². The number of hydrogen-bond acceptors (Lipinski definition) is 4. The Labute approximate surface area is 152 Å². The van der Waals surface area contributed by atoms with Crippen LogP contribution in [0.15, 0.2) is 33.2 Å². The van der Waals surface area contributed by atoms with Gasteiger partial charge in [-0.25, -0.2) is 4.98 Å². The monoisotopic (exact) mass is 434 g/mol. The van der Waals surface area contributed by atoms with E-state index in [0.717, 1.165) is 43.2 Å². The first-order chi connectivity index (χ1) is 10.3. The Morgan fingerprint density at radius 1 is 1.36 bits per heavy atom. The number of unbranched alkanes of at least 4 members (excludes halogenated alkanes) is 1. The molecule has 2 heterocycles. The van der Waals surface area contributed by atoms with Crippen molar-refractivity contribution in [1.82, 2.24) is 15.6 Å². The van der Waals surface area contributed by atoms with Crippen LogP contribution in [0.3, 0.4) is 0 Å². The quantitative estimate of drug-likeness (QED) is 0.304. The van der Waals surface area contributed by atoms with Gasteiger partial charge in [-0.05, 0) is 38.3 Å². The van der Waals surface area contributed by atoms with Crippen molar-refractivity contribution in [3.05, 3.63) is 40.2 Å². The summed E-state index contributed by atoms with van der Waals surface area (Å²) in [7, 11) is 1.77. The second-order valence-corrected chi connectivity index (χ2v) is 5.71. The van der Waals surface area contributed by atoms with E-state index in [2.05, 4.69) is 26.0 Å². The zero-order chi connectivity index (χ0) is 14.9. The molecule has 0 amide bonds. The highest BCUT2D eigenvalue weighted by Gasteiger charge is 2.01. The molecule has 0 bridgehead atoms. The molecule has 0 saturated carbocycles. The Bertz CT molecular complexity index is 554. The SMILES string of the molecule is CN=C(NCCCCc1nc(C)cs1)NCc1ccco1.I. The molecule has 0 unspecified atom stereocenters. The molecule has 0 aromatic carbocycles. The number of aryl methyl sites for hydroxylation is 2. The number of rotatable bonds is 7. The molecule has 0 saturated heterocycles. The number of thiazole rings is 1. The van der Waals surface area contributed by atoms with Crippen LogP contribution in [0.25, 0.3) is 0 Å². The van der Waals surface area contributed by atoms with Crippen LogP contribution in [0.2, 0.25) is 0 Å². The average Bonchev–Trinajstić information content (AvgIpc) is 3.13. The molecule has 0 aliphatic heterocycles. The minimum Gasteiger partial charge on any atom is -0.467 e. The molecule has 22 heavy (non-hydrogen) atoms. The summed E-state index contributed by atoms with van der Waals surface area (Å²) in [6.45, 7) is 3.59. The third-order valence-corrected chi connectivity index (χ3v) is 4.04. The van der Waals surface area contributed by atoms with Crippen molar-refractivity contribution in [3.63, 3.8) is 0 Å². The lowest BCUT2D eigenvalue weighted by atomic mass is 10.2. The topological polar surface area (TPSA) is 62.5 Å². The van der Waals surface area contributed by atoms with E-state index >= 15 is 0 Å². The first-order valence-corrected chi connectivity index (χ1v) is 8.04. The number of hydrogen-bond donors (Lipinski definition) is 2. The lowest BCUT2D eigenvalue weighted by Crippen LogP contribution is -2.37. The van der Waals surface area contributed by atoms with Gasteiger partial charge in [0.25, 0.3) is 0 Å². The van der Waals surface area contributed by atoms with E-state index in [0.29, 0.717) is 6.54 Å². The van der Waals surface area contributed by atoms with Crippen LogP contribution in [-0.2, 0) is 13.0 Å². The fourth-order valence-corrected chi connectivity index (χ4v) is 2.75. The minimum absolute atomic E-state index is 0. The Balaban J connectivity index is 0.00000242. The second kappa shape index (κ2) is 10.6. The minimum atomic E-state index is 0. The molecule has 0 fully saturated rings. The number of guanidine groups is 1. The summed E-state index contributed by atoms with van der Waals surface area (Å²) in [4.78, 5) is 8.66. The number of furan rings is 1. The first kappa shape index (κ1) is 19.0. The Morgan fingerprint density at radius 2 is 2.23 bits per heavy atom. The van der Waals surface area contributed by atoms with E-state index in [1.54, 1.807) is 24.6 Å². The molecule has 0 atom stereocenters. The summed E-state index contributed by atoms with van der Waals surface area (Å²) in [6, 6.07) is 3.82. The third kappa shape index (κ3) is 6.78. The highest BCUT2D eigenvalue weighted by atomic mass is 127. The van der Waals surface area contributed by atoms with E-state index < -0.39 is 0 Å². The van der Waals surface area contributed by atoms with Crippen LogP contribution in [0.5, 0.6) is 0 Å². The van der Waals surface area contributed by atoms with Crippen LogP contribution >= 0.6 is 35.3 Å². The maximum Gasteiger partial charge on any atom is 0.191 e. The van der Waals surface area contributed by atoms with Crippen LogP contribution in [-0.4, -0.2) is 24.5 Å². The molecule has 2 N–H and O–H groups in total. The summed E-state index contributed by atoms with van der Waals surface area (Å²) in [5.74, 6) is 1.70. The zero-order valence-electron chi connectivity index (χ0n) is 13.0. The van der Waals surface area contributed by atoms with Crippen molar-refractivity contribution in [3.8, 4) is 0 Å².